The summed E-state index contributed by atoms with van der Waals surface area (Å²) in [7, 11) is 0. The summed E-state index contributed by atoms with van der Waals surface area (Å²) in [4.78, 5) is 27.5. The molecule has 0 N–H and O–H groups in total. The van der Waals surface area contributed by atoms with Gasteiger partial charge >= 0.3 is 5.97 Å². The van der Waals surface area contributed by atoms with Crippen LogP contribution in [-0.4, -0.2) is 54.9 Å². The fraction of sp³-hybridized carbons (Fsp3) is 0.542. The Morgan fingerprint density at radius 2 is 1.88 bits per heavy atom. The molecule has 1 amide bonds. The van der Waals surface area contributed by atoms with Gasteiger partial charge in [-0.05, 0) is 19.9 Å². The van der Waals surface area contributed by atoms with Gasteiger partial charge in [0.15, 0.2) is 23.0 Å². The van der Waals surface area contributed by atoms with E-state index >= 15 is 0 Å². The molecule has 0 unspecified atom stereocenters. The van der Waals surface area contributed by atoms with Crippen LogP contribution >= 0.6 is 0 Å². The molecule has 3 aliphatic rings. The average Bonchev–Trinajstić information content (AvgIpc) is 3.46. The number of rotatable bonds is 5. The molecule has 0 saturated carbocycles. The van der Waals surface area contributed by atoms with Crippen LogP contribution in [0.25, 0.3) is 0 Å². The van der Waals surface area contributed by atoms with Crippen molar-refractivity contribution in [3.63, 3.8) is 0 Å². The van der Waals surface area contributed by atoms with Crippen LogP contribution in [0, 0.1) is 5.41 Å². The summed E-state index contributed by atoms with van der Waals surface area (Å²) in [5, 5.41) is 4.05. The van der Waals surface area contributed by atoms with E-state index < -0.39 is 17.5 Å². The van der Waals surface area contributed by atoms with Crippen molar-refractivity contribution in [2.75, 3.05) is 33.0 Å². The molecule has 1 atom stereocenters. The van der Waals surface area contributed by atoms with Crippen LogP contribution in [0.1, 0.15) is 65.4 Å². The van der Waals surface area contributed by atoms with Crippen LogP contribution in [0.3, 0.4) is 0 Å². The van der Waals surface area contributed by atoms with Gasteiger partial charge in [0.2, 0.25) is 0 Å². The highest BCUT2D eigenvalue weighted by Gasteiger charge is 2.56. The van der Waals surface area contributed by atoms with Gasteiger partial charge in [-0.2, -0.15) is 0 Å². The smallest absolute Gasteiger partial charge is 0.361 e. The minimum Gasteiger partial charge on any atom is -0.461 e. The summed E-state index contributed by atoms with van der Waals surface area (Å²) < 4.78 is 29.4. The van der Waals surface area contributed by atoms with Crippen molar-refractivity contribution in [1.82, 2.24) is 10.1 Å². The van der Waals surface area contributed by atoms with E-state index in [0.717, 1.165) is 5.56 Å². The second kappa shape index (κ2) is 7.65. The van der Waals surface area contributed by atoms with Crippen molar-refractivity contribution in [2.45, 2.75) is 45.6 Å². The second-order valence-corrected chi connectivity index (χ2v) is 9.55. The zero-order valence-corrected chi connectivity index (χ0v) is 19.3. The molecule has 0 aliphatic carbocycles. The third kappa shape index (κ3) is 3.37. The maximum absolute atomic E-state index is 13.1. The highest BCUT2D eigenvalue weighted by molar-refractivity contribution is 6.00. The lowest BCUT2D eigenvalue weighted by atomic mass is 9.91. The average molecular weight is 456 g/mol. The van der Waals surface area contributed by atoms with Crippen molar-refractivity contribution >= 4 is 11.9 Å². The maximum atomic E-state index is 13.1. The Hall–Kier alpha value is -2.75. The van der Waals surface area contributed by atoms with E-state index in [2.05, 4.69) is 5.16 Å². The number of carbonyl (C=O) groups is 2. The van der Waals surface area contributed by atoms with E-state index in [1.54, 1.807) is 24.8 Å². The number of aromatic nitrogens is 1. The predicted octanol–water partition coefficient (Wildman–Crippen LogP) is 2.98. The SMILES string of the molecule is CCOC(=O)c1noc(C[C@@]23OCCN2C(=O)c2ccccc23)c1C1(C)OCC(C)(C)CO1. The van der Waals surface area contributed by atoms with Gasteiger partial charge in [0.05, 0.1) is 38.4 Å². The molecule has 1 aromatic carbocycles. The zero-order valence-electron chi connectivity index (χ0n) is 19.3. The van der Waals surface area contributed by atoms with Crippen molar-refractivity contribution in [3.8, 4) is 0 Å². The highest BCUT2D eigenvalue weighted by Crippen LogP contribution is 2.48. The van der Waals surface area contributed by atoms with Crippen LogP contribution in [0.5, 0.6) is 0 Å². The van der Waals surface area contributed by atoms with Gasteiger partial charge in [-0.3, -0.25) is 4.79 Å². The highest BCUT2D eigenvalue weighted by atomic mass is 16.7. The standard InChI is InChI=1S/C24H28N2O7/c1-5-29-21(28)19-18(23(4)31-13-22(2,3)14-32-23)17(33-25-19)12-24-16-9-7-6-8-15(16)20(27)26(24)10-11-30-24/h6-9H,5,10-14H2,1-4H3/t24-/m0/s1. The number of benzene rings is 1. The monoisotopic (exact) mass is 456 g/mol. The fourth-order valence-electron chi connectivity index (χ4n) is 4.81. The maximum Gasteiger partial charge on any atom is 0.361 e. The van der Waals surface area contributed by atoms with Crippen LogP contribution in [0.2, 0.25) is 0 Å². The lowest BCUT2D eigenvalue weighted by molar-refractivity contribution is -0.298. The number of fused-ring (bicyclic) bond motifs is 3. The molecule has 9 heteroatoms. The number of ether oxygens (including phenoxy) is 4. The van der Waals surface area contributed by atoms with E-state index in [-0.39, 0.29) is 30.0 Å². The number of carbonyl (C=O) groups excluding carboxylic acids is 2. The summed E-state index contributed by atoms with van der Waals surface area (Å²) in [5.41, 5.74) is 0.525. The Kier molecular flexibility index (Phi) is 5.11. The summed E-state index contributed by atoms with van der Waals surface area (Å²) in [6.07, 6.45) is 0.156. The van der Waals surface area contributed by atoms with Gasteiger partial charge in [0, 0.05) is 23.1 Å². The van der Waals surface area contributed by atoms with Crippen LogP contribution < -0.4 is 0 Å². The Labute approximate surface area is 191 Å². The lowest BCUT2D eigenvalue weighted by Crippen LogP contribution is -2.46. The number of hydrogen-bond acceptors (Lipinski definition) is 8. The molecular formula is C24H28N2O7. The Balaban J connectivity index is 1.60. The van der Waals surface area contributed by atoms with Gasteiger partial charge in [-0.25, -0.2) is 4.79 Å². The molecule has 5 rings (SSSR count). The van der Waals surface area contributed by atoms with Gasteiger partial charge < -0.3 is 28.4 Å². The van der Waals surface area contributed by atoms with E-state index in [9.17, 15) is 9.59 Å². The van der Waals surface area contributed by atoms with E-state index in [1.165, 1.54) is 0 Å². The van der Waals surface area contributed by atoms with Crippen LogP contribution in [0.4, 0.5) is 0 Å². The molecule has 0 spiro atoms. The summed E-state index contributed by atoms with van der Waals surface area (Å²) in [6, 6.07) is 7.39. The minimum atomic E-state index is -1.27. The number of amides is 1. The first-order chi connectivity index (χ1) is 15.7. The van der Waals surface area contributed by atoms with Crippen LogP contribution in [-0.2, 0) is 36.9 Å². The predicted molar refractivity (Wildman–Crippen MR) is 114 cm³/mol. The quantitative estimate of drug-likeness (QED) is 0.633. The molecule has 33 heavy (non-hydrogen) atoms. The van der Waals surface area contributed by atoms with Crippen molar-refractivity contribution in [1.29, 1.82) is 0 Å². The van der Waals surface area contributed by atoms with Gasteiger partial charge in [-0.15, -0.1) is 0 Å². The molecule has 9 nitrogen and oxygen atoms in total. The molecule has 2 fully saturated rings. The van der Waals surface area contributed by atoms with Crippen molar-refractivity contribution < 1.29 is 33.1 Å². The van der Waals surface area contributed by atoms with Crippen molar-refractivity contribution in [2.24, 2.45) is 5.41 Å². The molecule has 3 aliphatic heterocycles. The number of nitrogens with zero attached hydrogens (tertiary/aromatic N) is 2. The lowest BCUT2D eigenvalue weighted by Gasteiger charge is -2.41. The first-order valence-corrected chi connectivity index (χ1v) is 11.2. The summed E-state index contributed by atoms with van der Waals surface area (Å²) in [6.45, 7) is 9.44. The minimum absolute atomic E-state index is 0.00705. The summed E-state index contributed by atoms with van der Waals surface area (Å²) >= 11 is 0. The van der Waals surface area contributed by atoms with E-state index in [4.69, 9.17) is 23.5 Å². The van der Waals surface area contributed by atoms with Crippen LogP contribution in [0.15, 0.2) is 28.8 Å². The first kappa shape index (κ1) is 22.1. The number of esters is 1. The third-order valence-corrected chi connectivity index (χ3v) is 6.48. The third-order valence-electron chi connectivity index (χ3n) is 6.48. The molecular weight excluding hydrogens is 428 g/mol. The van der Waals surface area contributed by atoms with Gasteiger partial charge in [0.25, 0.3) is 5.91 Å². The second-order valence-electron chi connectivity index (χ2n) is 9.55. The number of hydrogen-bond donors (Lipinski definition) is 0. The molecule has 0 radical (unpaired) electrons. The first-order valence-electron chi connectivity index (χ1n) is 11.2. The largest absolute Gasteiger partial charge is 0.461 e. The Morgan fingerprint density at radius 1 is 1.15 bits per heavy atom. The fourth-order valence-corrected chi connectivity index (χ4v) is 4.81. The van der Waals surface area contributed by atoms with Gasteiger partial charge in [-0.1, -0.05) is 37.2 Å². The van der Waals surface area contributed by atoms with E-state index in [0.29, 0.717) is 43.3 Å². The zero-order chi connectivity index (χ0) is 23.4. The topological polar surface area (TPSA) is 100 Å². The molecule has 0 bridgehead atoms. The molecule has 2 saturated heterocycles. The van der Waals surface area contributed by atoms with Gasteiger partial charge in [0.1, 0.15) is 0 Å². The molecule has 176 valence electrons. The normalized spacial score (nSPS) is 25.1. The summed E-state index contributed by atoms with van der Waals surface area (Å²) in [5.74, 6) is -1.62. The Bertz CT molecular complexity index is 1100. The Morgan fingerprint density at radius 3 is 2.61 bits per heavy atom. The molecule has 2 aromatic rings. The molecule has 4 heterocycles. The van der Waals surface area contributed by atoms with E-state index in [1.807, 2.05) is 32.0 Å². The molecule has 1 aromatic heterocycles. The van der Waals surface area contributed by atoms with Crippen molar-refractivity contribution in [3.05, 3.63) is 52.4 Å².